The van der Waals surface area contributed by atoms with Crippen molar-refractivity contribution in [1.82, 2.24) is 15.6 Å². The number of nitrogen functional groups attached to an aromatic ring is 1. The van der Waals surface area contributed by atoms with Crippen LogP contribution in [0.25, 0.3) is 0 Å². The largest absolute Gasteiger partial charge is 0.398 e. The van der Waals surface area contributed by atoms with Gasteiger partial charge in [-0.2, -0.15) is 0 Å². The topological polar surface area (TPSA) is 97.1 Å². The predicted octanol–water partition coefficient (Wildman–Crippen LogP) is 0.556. The summed E-state index contributed by atoms with van der Waals surface area (Å²) in [5.74, 6) is 0.0177. The summed E-state index contributed by atoms with van der Waals surface area (Å²) in [7, 11) is 0. The van der Waals surface area contributed by atoms with Gasteiger partial charge in [0.1, 0.15) is 0 Å². The van der Waals surface area contributed by atoms with Crippen molar-refractivity contribution in [2.24, 2.45) is 5.92 Å². The van der Waals surface area contributed by atoms with E-state index in [2.05, 4.69) is 15.6 Å². The zero-order chi connectivity index (χ0) is 14.3. The maximum atomic E-state index is 11.8. The lowest BCUT2D eigenvalue weighted by Crippen LogP contribution is -2.32. The van der Waals surface area contributed by atoms with Gasteiger partial charge >= 0.3 is 0 Å². The molecule has 6 nitrogen and oxygen atoms in total. The molecule has 1 aromatic rings. The van der Waals surface area contributed by atoms with Crippen molar-refractivity contribution in [1.29, 1.82) is 0 Å². The fourth-order valence-corrected chi connectivity index (χ4v) is 1.39. The van der Waals surface area contributed by atoms with Gasteiger partial charge in [0.2, 0.25) is 5.91 Å². The van der Waals surface area contributed by atoms with E-state index < -0.39 is 0 Å². The van der Waals surface area contributed by atoms with E-state index in [0.29, 0.717) is 23.7 Å². The number of anilines is 1. The Kier molecular flexibility index (Phi) is 5.78. The highest BCUT2D eigenvalue weighted by atomic mass is 16.2. The zero-order valence-electron chi connectivity index (χ0n) is 11.3. The maximum Gasteiger partial charge on any atom is 0.254 e. The van der Waals surface area contributed by atoms with Crippen LogP contribution < -0.4 is 16.4 Å². The highest BCUT2D eigenvalue weighted by Crippen LogP contribution is 2.07. The van der Waals surface area contributed by atoms with E-state index in [4.69, 9.17) is 5.73 Å². The summed E-state index contributed by atoms with van der Waals surface area (Å²) in [4.78, 5) is 27.0. The van der Waals surface area contributed by atoms with E-state index in [0.717, 1.165) is 0 Å². The molecule has 104 valence electrons. The van der Waals surface area contributed by atoms with Gasteiger partial charge in [-0.15, -0.1) is 0 Å². The predicted molar refractivity (Wildman–Crippen MR) is 73.4 cm³/mol. The minimum absolute atomic E-state index is 0.0758. The van der Waals surface area contributed by atoms with Crippen molar-refractivity contribution in [2.45, 2.75) is 20.3 Å². The first-order valence-corrected chi connectivity index (χ1v) is 6.25. The van der Waals surface area contributed by atoms with Gasteiger partial charge in [0.05, 0.1) is 5.56 Å². The summed E-state index contributed by atoms with van der Waals surface area (Å²) in [6.45, 7) is 4.96. The number of hydrogen-bond donors (Lipinski definition) is 3. The number of nitrogens with one attached hydrogen (secondary N) is 2. The van der Waals surface area contributed by atoms with Crippen molar-refractivity contribution >= 4 is 17.5 Å². The minimum atomic E-state index is -0.317. The Morgan fingerprint density at radius 1 is 1.37 bits per heavy atom. The lowest BCUT2D eigenvalue weighted by Gasteiger charge is -2.09. The zero-order valence-corrected chi connectivity index (χ0v) is 11.3. The highest BCUT2D eigenvalue weighted by Gasteiger charge is 2.09. The number of carbonyl (C=O) groups is 2. The van der Waals surface area contributed by atoms with Crippen LogP contribution in [0.1, 0.15) is 30.6 Å². The van der Waals surface area contributed by atoms with Crippen LogP contribution in [0, 0.1) is 5.92 Å². The number of nitrogens with zero attached hydrogens (tertiary/aromatic N) is 1. The van der Waals surface area contributed by atoms with Gasteiger partial charge in [-0.3, -0.25) is 14.6 Å². The summed E-state index contributed by atoms with van der Waals surface area (Å²) in [5, 5.41) is 5.42. The van der Waals surface area contributed by atoms with Crippen LogP contribution in [0.5, 0.6) is 0 Å². The molecule has 0 spiro atoms. The Morgan fingerprint density at radius 2 is 2.11 bits per heavy atom. The molecule has 1 heterocycles. The van der Waals surface area contributed by atoms with Crippen LogP contribution in [0.15, 0.2) is 18.5 Å². The van der Waals surface area contributed by atoms with E-state index in [1.165, 1.54) is 12.4 Å². The SMILES string of the molecule is CC(C)CNC(=O)CCNC(=O)c1cnccc1N. The van der Waals surface area contributed by atoms with E-state index in [1.54, 1.807) is 6.07 Å². The normalized spacial score (nSPS) is 10.3. The van der Waals surface area contributed by atoms with Gasteiger partial charge in [0.15, 0.2) is 0 Å². The molecule has 19 heavy (non-hydrogen) atoms. The van der Waals surface area contributed by atoms with Crippen molar-refractivity contribution < 1.29 is 9.59 Å². The van der Waals surface area contributed by atoms with Gasteiger partial charge in [0.25, 0.3) is 5.91 Å². The fraction of sp³-hybridized carbons (Fsp3) is 0.462. The standard InChI is InChI=1S/C13H20N4O2/c1-9(2)7-17-12(18)4-6-16-13(19)10-8-15-5-3-11(10)14/h3,5,8-9H,4,6-7H2,1-2H3,(H2,14,15)(H,16,19)(H,17,18). The monoisotopic (exact) mass is 264 g/mol. The number of pyridine rings is 1. The lowest BCUT2D eigenvalue weighted by atomic mass is 10.2. The van der Waals surface area contributed by atoms with Crippen LogP contribution in [-0.2, 0) is 4.79 Å². The highest BCUT2D eigenvalue weighted by molar-refractivity contribution is 5.98. The lowest BCUT2D eigenvalue weighted by molar-refractivity contribution is -0.121. The van der Waals surface area contributed by atoms with Crippen molar-refractivity contribution in [3.8, 4) is 0 Å². The molecule has 0 aliphatic carbocycles. The Labute approximate surface area is 112 Å². The molecule has 2 amide bonds. The number of hydrogen-bond acceptors (Lipinski definition) is 4. The molecule has 0 unspecified atom stereocenters. The Balaban J connectivity index is 2.32. The summed E-state index contributed by atoms with van der Waals surface area (Å²) < 4.78 is 0. The van der Waals surface area contributed by atoms with Crippen LogP contribution in [0.4, 0.5) is 5.69 Å². The van der Waals surface area contributed by atoms with Crippen LogP contribution in [0.3, 0.4) is 0 Å². The second-order valence-electron chi connectivity index (χ2n) is 4.67. The molecule has 0 atom stereocenters. The number of aromatic nitrogens is 1. The maximum absolute atomic E-state index is 11.8. The molecule has 0 bridgehead atoms. The van der Waals surface area contributed by atoms with Crippen molar-refractivity contribution in [3.05, 3.63) is 24.0 Å². The first-order valence-electron chi connectivity index (χ1n) is 6.25. The molecule has 0 aliphatic rings. The molecular weight excluding hydrogens is 244 g/mol. The third-order valence-electron chi connectivity index (χ3n) is 2.44. The summed E-state index contributed by atoms with van der Waals surface area (Å²) in [5.41, 5.74) is 6.35. The van der Waals surface area contributed by atoms with Crippen LogP contribution in [0.2, 0.25) is 0 Å². The average Bonchev–Trinajstić information content (AvgIpc) is 2.36. The number of amides is 2. The second kappa shape index (κ2) is 7.35. The van der Waals surface area contributed by atoms with Gasteiger partial charge in [-0.05, 0) is 12.0 Å². The Hall–Kier alpha value is -2.11. The van der Waals surface area contributed by atoms with E-state index in [9.17, 15) is 9.59 Å². The molecule has 4 N–H and O–H groups in total. The minimum Gasteiger partial charge on any atom is -0.398 e. The van der Waals surface area contributed by atoms with E-state index in [1.807, 2.05) is 13.8 Å². The molecule has 6 heteroatoms. The number of carbonyl (C=O) groups excluding carboxylic acids is 2. The Bertz CT molecular complexity index is 446. The smallest absolute Gasteiger partial charge is 0.254 e. The number of nitrogens with two attached hydrogens (primary N) is 1. The molecular formula is C13H20N4O2. The van der Waals surface area contributed by atoms with Gasteiger partial charge < -0.3 is 16.4 Å². The van der Waals surface area contributed by atoms with Crippen molar-refractivity contribution in [2.75, 3.05) is 18.8 Å². The molecule has 0 radical (unpaired) electrons. The quantitative estimate of drug-likeness (QED) is 0.699. The Morgan fingerprint density at radius 3 is 2.74 bits per heavy atom. The summed E-state index contributed by atoms with van der Waals surface area (Å²) in [6, 6.07) is 1.56. The first-order chi connectivity index (χ1) is 9.00. The van der Waals surface area contributed by atoms with Gasteiger partial charge in [-0.1, -0.05) is 13.8 Å². The molecule has 0 fully saturated rings. The summed E-state index contributed by atoms with van der Waals surface area (Å²) >= 11 is 0. The van der Waals surface area contributed by atoms with Gasteiger partial charge in [0, 0.05) is 37.6 Å². The molecule has 0 saturated carbocycles. The third kappa shape index (κ3) is 5.37. The van der Waals surface area contributed by atoms with Crippen LogP contribution in [-0.4, -0.2) is 29.9 Å². The molecule has 0 aliphatic heterocycles. The molecule has 0 aromatic carbocycles. The molecule has 1 rings (SSSR count). The average molecular weight is 264 g/mol. The van der Waals surface area contributed by atoms with E-state index in [-0.39, 0.29) is 24.8 Å². The van der Waals surface area contributed by atoms with E-state index >= 15 is 0 Å². The van der Waals surface area contributed by atoms with Crippen LogP contribution >= 0.6 is 0 Å². The molecule has 0 saturated heterocycles. The molecule has 1 aromatic heterocycles. The fourth-order valence-electron chi connectivity index (χ4n) is 1.39. The third-order valence-corrected chi connectivity index (χ3v) is 2.44. The second-order valence-corrected chi connectivity index (χ2v) is 4.67. The van der Waals surface area contributed by atoms with Crippen molar-refractivity contribution in [3.63, 3.8) is 0 Å². The number of rotatable bonds is 6. The first kappa shape index (κ1) is 14.9. The van der Waals surface area contributed by atoms with Gasteiger partial charge in [-0.25, -0.2) is 0 Å². The summed E-state index contributed by atoms with van der Waals surface area (Å²) in [6.07, 6.45) is 3.17.